The van der Waals surface area contributed by atoms with Crippen LogP contribution in [0.1, 0.15) is 0 Å². The lowest BCUT2D eigenvalue weighted by Crippen LogP contribution is -1.89. The summed E-state index contributed by atoms with van der Waals surface area (Å²) in [6, 6.07) is 37.7. The standard InChI is InChI=1S/C28H20N2/c1-2-8-21(9-3-1)22-12-14-23(15-13-22)24-18-25(27-10-4-6-16-29-27)20-26(19-24)28-11-5-7-17-30-28/h1-20H. The molecule has 0 unspecified atom stereocenters. The van der Waals surface area contributed by atoms with E-state index in [0.717, 1.165) is 28.1 Å². The molecule has 142 valence electrons. The minimum absolute atomic E-state index is 0.956. The van der Waals surface area contributed by atoms with E-state index >= 15 is 0 Å². The van der Waals surface area contributed by atoms with E-state index < -0.39 is 0 Å². The van der Waals surface area contributed by atoms with Crippen LogP contribution in [0.2, 0.25) is 0 Å². The first-order chi connectivity index (χ1) is 14.9. The number of benzene rings is 3. The fourth-order valence-corrected chi connectivity index (χ4v) is 3.64. The van der Waals surface area contributed by atoms with Crippen molar-refractivity contribution >= 4 is 0 Å². The fourth-order valence-electron chi connectivity index (χ4n) is 3.64. The number of aromatic nitrogens is 2. The van der Waals surface area contributed by atoms with Crippen LogP contribution in [0.3, 0.4) is 0 Å². The third kappa shape index (κ3) is 3.76. The molecule has 0 N–H and O–H groups in total. The highest BCUT2D eigenvalue weighted by molar-refractivity contribution is 5.80. The normalized spacial score (nSPS) is 10.7. The third-order valence-electron chi connectivity index (χ3n) is 5.18. The molecule has 0 radical (unpaired) electrons. The van der Waals surface area contributed by atoms with Crippen LogP contribution in [-0.2, 0) is 0 Å². The Balaban J connectivity index is 1.60. The molecular formula is C28H20N2. The van der Waals surface area contributed by atoms with Gasteiger partial charge in [-0.3, -0.25) is 9.97 Å². The van der Waals surface area contributed by atoms with Gasteiger partial charge in [0.15, 0.2) is 0 Å². The monoisotopic (exact) mass is 384 g/mol. The molecule has 0 saturated carbocycles. The Labute approximate surface area is 176 Å². The molecule has 0 saturated heterocycles. The highest BCUT2D eigenvalue weighted by Crippen LogP contribution is 2.32. The maximum Gasteiger partial charge on any atom is 0.0702 e. The number of hydrogen-bond acceptors (Lipinski definition) is 2. The zero-order valence-electron chi connectivity index (χ0n) is 16.4. The average Bonchev–Trinajstić information content (AvgIpc) is 2.85. The van der Waals surface area contributed by atoms with Crippen molar-refractivity contribution < 1.29 is 0 Å². The van der Waals surface area contributed by atoms with Crippen molar-refractivity contribution in [1.82, 2.24) is 9.97 Å². The Kier molecular flexibility index (Phi) is 4.89. The lowest BCUT2D eigenvalue weighted by atomic mass is 9.95. The van der Waals surface area contributed by atoms with Gasteiger partial charge in [-0.15, -0.1) is 0 Å². The van der Waals surface area contributed by atoms with Gasteiger partial charge in [0, 0.05) is 23.5 Å². The van der Waals surface area contributed by atoms with Crippen molar-refractivity contribution in [3.05, 3.63) is 122 Å². The van der Waals surface area contributed by atoms with Gasteiger partial charge in [-0.25, -0.2) is 0 Å². The molecule has 0 spiro atoms. The smallest absolute Gasteiger partial charge is 0.0702 e. The zero-order chi connectivity index (χ0) is 20.2. The van der Waals surface area contributed by atoms with E-state index in [0.29, 0.717) is 0 Å². The van der Waals surface area contributed by atoms with Crippen molar-refractivity contribution in [2.75, 3.05) is 0 Å². The van der Waals surface area contributed by atoms with Gasteiger partial charge in [0.25, 0.3) is 0 Å². The molecule has 2 heterocycles. The van der Waals surface area contributed by atoms with Crippen LogP contribution in [0.5, 0.6) is 0 Å². The maximum atomic E-state index is 4.55. The van der Waals surface area contributed by atoms with Crippen LogP contribution in [0.4, 0.5) is 0 Å². The molecule has 2 nitrogen and oxygen atoms in total. The van der Waals surface area contributed by atoms with Crippen LogP contribution >= 0.6 is 0 Å². The first kappa shape index (κ1) is 18.0. The summed E-state index contributed by atoms with van der Waals surface area (Å²) in [5.41, 5.74) is 8.84. The Hall–Kier alpha value is -4.04. The Morgan fingerprint density at radius 2 is 0.767 bits per heavy atom. The third-order valence-corrected chi connectivity index (χ3v) is 5.18. The Morgan fingerprint density at radius 1 is 0.333 bits per heavy atom. The topological polar surface area (TPSA) is 25.8 Å². The van der Waals surface area contributed by atoms with Gasteiger partial charge in [-0.05, 0) is 64.7 Å². The van der Waals surface area contributed by atoms with Crippen molar-refractivity contribution in [2.45, 2.75) is 0 Å². The van der Waals surface area contributed by atoms with Gasteiger partial charge < -0.3 is 0 Å². The largest absolute Gasteiger partial charge is 0.256 e. The van der Waals surface area contributed by atoms with Crippen molar-refractivity contribution in [3.63, 3.8) is 0 Å². The molecule has 0 aliphatic heterocycles. The van der Waals surface area contributed by atoms with Gasteiger partial charge in [0.05, 0.1) is 11.4 Å². The predicted molar refractivity (Wildman–Crippen MR) is 124 cm³/mol. The number of rotatable bonds is 4. The number of pyridine rings is 2. The zero-order valence-corrected chi connectivity index (χ0v) is 16.4. The molecule has 30 heavy (non-hydrogen) atoms. The Bertz CT molecular complexity index is 1190. The van der Waals surface area contributed by atoms with Crippen molar-refractivity contribution in [1.29, 1.82) is 0 Å². The summed E-state index contributed by atoms with van der Waals surface area (Å²) >= 11 is 0. The Morgan fingerprint density at radius 3 is 1.27 bits per heavy atom. The average molecular weight is 384 g/mol. The summed E-state index contributed by atoms with van der Waals surface area (Å²) in [5, 5.41) is 0. The second-order valence-corrected chi connectivity index (χ2v) is 7.17. The molecule has 0 aliphatic carbocycles. The van der Waals surface area contributed by atoms with Gasteiger partial charge in [0.1, 0.15) is 0 Å². The van der Waals surface area contributed by atoms with E-state index in [-0.39, 0.29) is 0 Å². The van der Waals surface area contributed by atoms with Crippen molar-refractivity contribution in [3.8, 4) is 44.8 Å². The summed E-state index contributed by atoms with van der Waals surface area (Å²) in [5.74, 6) is 0. The molecule has 2 aromatic heterocycles. The lowest BCUT2D eigenvalue weighted by molar-refractivity contribution is 1.31. The van der Waals surface area contributed by atoms with Crippen LogP contribution in [-0.4, -0.2) is 9.97 Å². The van der Waals surface area contributed by atoms with Gasteiger partial charge in [-0.2, -0.15) is 0 Å². The molecule has 3 aromatic carbocycles. The summed E-state index contributed by atoms with van der Waals surface area (Å²) in [4.78, 5) is 9.10. The molecule has 5 aromatic rings. The van der Waals surface area contributed by atoms with E-state index in [1.54, 1.807) is 0 Å². The molecular weight excluding hydrogens is 364 g/mol. The molecule has 0 amide bonds. The highest BCUT2D eigenvalue weighted by atomic mass is 14.7. The highest BCUT2D eigenvalue weighted by Gasteiger charge is 2.09. The van der Waals surface area contributed by atoms with Crippen molar-refractivity contribution in [2.24, 2.45) is 0 Å². The lowest BCUT2D eigenvalue weighted by Gasteiger charge is -2.11. The molecule has 0 fully saturated rings. The molecule has 0 atom stereocenters. The van der Waals surface area contributed by atoms with Crippen LogP contribution < -0.4 is 0 Å². The summed E-state index contributed by atoms with van der Waals surface area (Å²) < 4.78 is 0. The minimum Gasteiger partial charge on any atom is -0.256 e. The van der Waals surface area contributed by atoms with Gasteiger partial charge in [0.2, 0.25) is 0 Å². The SMILES string of the molecule is c1ccc(-c2ccc(-c3cc(-c4ccccn4)cc(-c4ccccn4)c3)cc2)cc1. The number of hydrogen-bond donors (Lipinski definition) is 0. The summed E-state index contributed by atoms with van der Waals surface area (Å²) in [6.45, 7) is 0. The second-order valence-electron chi connectivity index (χ2n) is 7.17. The molecule has 0 aliphatic rings. The fraction of sp³-hybridized carbons (Fsp3) is 0. The summed E-state index contributed by atoms with van der Waals surface area (Å²) in [7, 11) is 0. The molecule has 2 heteroatoms. The maximum absolute atomic E-state index is 4.55. The number of nitrogens with zero attached hydrogens (tertiary/aromatic N) is 2. The van der Waals surface area contributed by atoms with E-state index in [9.17, 15) is 0 Å². The van der Waals surface area contributed by atoms with Crippen LogP contribution in [0.15, 0.2) is 122 Å². The molecule has 0 bridgehead atoms. The van der Waals surface area contributed by atoms with E-state index in [1.807, 2.05) is 54.9 Å². The van der Waals surface area contributed by atoms with E-state index in [2.05, 4.69) is 76.7 Å². The first-order valence-electron chi connectivity index (χ1n) is 10.0. The van der Waals surface area contributed by atoms with Crippen LogP contribution in [0.25, 0.3) is 44.8 Å². The predicted octanol–water partition coefficient (Wildman–Crippen LogP) is 7.14. The van der Waals surface area contributed by atoms with Gasteiger partial charge >= 0.3 is 0 Å². The van der Waals surface area contributed by atoms with Gasteiger partial charge in [-0.1, -0.05) is 66.7 Å². The van der Waals surface area contributed by atoms with E-state index in [4.69, 9.17) is 0 Å². The van der Waals surface area contributed by atoms with Crippen LogP contribution in [0, 0.1) is 0 Å². The quantitative estimate of drug-likeness (QED) is 0.329. The summed E-state index contributed by atoms with van der Waals surface area (Å²) in [6.07, 6.45) is 3.66. The molecule has 5 rings (SSSR count). The minimum atomic E-state index is 0.956. The first-order valence-corrected chi connectivity index (χ1v) is 10.0. The second kappa shape index (κ2) is 8.14. The van der Waals surface area contributed by atoms with E-state index in [1.165, 1.54) is 16.7 Å².